The van der Waals surface area contributed by atoms with E-state index in [1.54, 1.807) is 12.1 Å². The zero-order valence-electron chi connectivity index (χ0n) is 13.2. The molecule has 0 atom stereocenters. The summed E-state index contributed by atoms with van der Waals surface area (Å²) in [5.41, 5.74) is 1.64. The molecule has 0 amide bonds. The Balaban J connectivity index is 1.62. The molecule has 21 heavy (non-hydrogen) atoms. The Labute approximate surface area is 128 Å². The van der Waals surface area contributed by atoms with E-state index in [0.29, 0.717) is 5.69 Å². The van der Waals surface area contributed by atoms with Gasteiger partial charge in [0.2, 0.25) is 0 Å². The molecule has 1 saturated heterocycles. The Kier molecular flexibility index (Phi) is 6.24. The second kappa shape index (κ2) is 8.18. The number of rotatable bonds is 7. The Morgan fingerprint density at radius 2 is 2.05 bits per heavy atom. The lowest BCUT2D eigenvalue weighted by molar-refractivity contribution is 0.189. The number of pyridine rings is 1. The fourth-order valence-corrected chi connectivity index (χ4v) is 2.90. The van der Waals surface area contributed by atoms with Crippen LogP contribution in [-0.2, 0) is 6.42 Å². The van der Waals surface area contributed by atoms with Crippen molar-refractivity contribution in [3.05, 3.63) is 30.1 Å². The molecule has 1 aromatic rings. The molecule has 1 aromatic heterocycles. The van der Waals surface area contributed by atoms with Crippen LogP contribution in [0.2, 0.25) is 0 Å². The molecule has 2 heterocycles. The van der Waals surface area contributed by atoms with Crippen molar-refractivity contribution in [1.29, 1.82) is 0 Å². The average Bonchev–Trinajstić information content (AvgIpc) is 2.50. The van der Waals surface area contributed by atoms with E-state index in [1.165, 1.54) is 51.7 Å². The van der Waals surface area contributed by atoms with Crippen molar-refractivity contribution in [2.45, 2.75) is 45.4 Å². The molecule has 0 unspecified atom stereocenters. The van der Waals surface area contributed by atoms with Gasteiger partial charge in [-0.15, -0.1) is 0 Å². The number of hydrogen-bond donors (Lipinski definition) is 1. The van der Waals surface area contributed by atoms with Crippen LogP contribution >= 0.6 is 0 Å². The third-order valence-electron chi connectivity index (χ3n) is 4.44. The van der Waals surface area contributed by atoms with Crippen molar-refractivity contribution in [3.8, 4) is 5.75 Å². The van der Waals surface area contributed by atoms with E-state index >= 15 is 0 Å². The summed E-state index contributed by atoms with van der Waals surface area (Å²) in [7, 11) is 0. The number of unbranched alkanes of at least 4 members (excludes halogenated alkanes) is 2. The topological polar surface area (TPSA) is 36.4 Å². The minimum Gasteiger partial charge on any atom is -0.506 e. The summed E-state index contributed by atoms with van der Waals surface area (Å²) in [5.74, 6) is 1.13. The number of hydrogen-bond acceptors (Lipinski definition) is 3. The van der Waals surface area contributed by atoms with Crippen LogP contribution in [0.15, 0.2) is 18.7 Å². The normalized spacial score (nSPS) is 17.0. The maximum absolute atomic E-state index is 9.57. The van der Waals surface area contributed by atoms with Crippen molar-refractivity contribution >= 4 is 6.08 Å². The number of likely N-dealkylation sites (tertiary alicyclic amines) is 1. The van der Waals surface area contributed by atoms with Gasteiger partial charge in [-0.25, -0.2) is 4.98 Å². The van der Waals surface area contributed by atoms with Gasteiger partial charge < -0.3 is 10.0 Å². The molecule has 2 rings (SSSR count). The van der Waals surface area contributed by atoms with Crippen LogP contribution in [0.3, 0.4) is 0 Å². The first kappa shape index (κ1) is 16.0. The van der Waals surface area contributed by atoms with Crippen molar-refractivity contribution in [2.24, 2.45) is 5.92 Å². The summed E-state index contributed by atoms with van der Waals surface area (Å²) in [4.78, 5) is 7.01. The van der Waals surface area contributed by atoms with Crippen molar-refractivity contribution in [3.63, 3.8) is 0 Å². The first-order chi connectivity index (χ1) is 10.2. The summed E-state index contributed by atoms with van der Waals surface area (Å²) in [6.45, 7) is 9.84. The average molecular weight is 288 g/mol. The van der Waals surface area contributed by atoms with E-state index in [2.05, 4.69) is 23.4 Å². The minimum absolute atomic E-state index is 0.216. The molecule has 1 N–H and O–H groups in total. The summed E-state index contributed by atoms with van der Waals surface area (Å²) in [6, 6.07) is 3.63. The third-order valence-corrected chi connectivity index (χ3v) is 4.44. The molecule has 0 bridgehead atoms. The summed E-state index contributed by atoms with van der Waals surface area (Å²) >= 11 is 0. The van der Waals surface area contributed by atoms with Crippen molar-refractivity contribution < 1.29 is 5.11 Å². The lowest BCUT2D eigenvalue weighted by atomic mass is 9.99. The monoisotopic (exact) mass is 288 g/mol. The molecule has 0 radical (unpaired) electrons. The predicted octanol–water partition coefficient (Wildman–Crippen LogP) is 3.87. The standard InChI is InChI=1S/C18H28N2O/c1-3-17-18(21)9-8-16(19-17)7-5-4-6-12-20-13-10-15(2)11-14-20/h3,8-9,15,21H,1,4-7,10-14H2,2H3. The predicted molar refractivity (Wildman–Crippen MR) is 88.4 cm³/mol. The highest BCUT2D eigenvalue weighted by Crippen LogP contribution is 2.18. The maximum atomic E-state index is 9.57. The van der Waals surface area contributed by atoms with Gasteiger partial charge >= 0.3 is 0 Å². The fourth-order valence-electron chi connectivity index (χ4n) is 2.90. The van der Waals surface area contributed by atoms with Crippen LogP contribution in [0.1, 0.15) is 50.4 Å². The van der Waals surface area contributed by atoms with E-state index in [0.717, 1.165) is 18.0 Å². The Bertz CT molecular complexity index is 451. The smallest absolute Gasteiger partial charge is 0.141 e. The maximum Gasteiger partial charge on any atom is 0.141 e. The van der Waals surface area contributed by atoms with Gasteiger partial charge in [-0.1, -0.05) is 19.9 Å². The second-order valence-electron chi connectivity index (χ2n) is 6.25. The largest absolute Gasteiger partial charge is 0.506 e. The van der Waals surface area contributed by atoms with Gasteiger partial charge in [0.1, 0.15) is 11.4 Å². The number of aromatic hydroxyl groups is 1. The lowest BCUT2D eigenvalue weighted by Crippen LogP contribution is -2.33. The third kappa shape index (κ3) is 5.16. The van der Waals surface area contributed by atoms with E-state index in [4.69, 9.17) is 0 Å². The highest BCUT2D eigenvalue weighted by Gasteiger charge is 2.14. The minimum atomic E-state index is 0.216. The summed E-state index contributed by atoms with van der Waals surface area (Å²) < 4.78 is 0. The highest BCUT2D eigenvalue weighted by atomic mass is 16.3. The van der Waals surface area contributed by atoms with Gasteiger partial charge in [0.15, 0.2) is 0 Å². The van der Waals surface area contributed by atoms with Gasteiger partial charge in [0, 0.05) is 5.69 Å². The molecule has 1 aliphatic rings. The van der Waals surface area contributed by atoms with Crippen LogP contribution < -0.4 is 0 Å². The van der Waals surface area contributed by atoms with E-state index in [-0.39, 0.29) is 5.75 Å². The highest BCUT2D eigenvalue weighted by molar-refractivity contribution is 5.50. The van der Waals surface area contributed by atoms with Crippen LogP contribution in [0.4, 0.5) is 0 Å². The molecule has 1 aliphatic heterocycles. The zero-order valence-corrected chi connectivity index (χ0v) is 13.2. The fraction of sp³-hybridized carbons (Fsp3) is 0.611. The Hall–Kier alpha value is -1.35. The van der Waals surface area contributed by atoms with Crippen LogP contribution in [0.25, 0.3) is 6.08 Å². The van der Waals surface area contributed by atoms with Crippen LogP contribution in [0.5, 0.6) is 5.75 Å². The summed E-state index contributed by atoms with van der Waals surface area (Å²) in [6.07, 6.45) is 9.01. The molecular formula is C18H28N2O. The Morgan fingerprint density at radius 1 is 1.29 bits per heavy atom. The van der Waals surface area contributed by atoms with E-state index in [1.807, 2.05) is 6.07 Å². The quantitative estimate of drug-likeness (QED) is 0.774. The number of piperidine rings is 1. The number of nitrogens with zero attached hydrogens (tertiary/aromatic N) is 2. The van der Waals surface area contributed by atoms with Crippen molar-refractivity contribution in [1.82, 2.24) is 9.88 Å². The van der Waals surface area contributed by atoms with Crippen LogP contribution in [-0.4, -0.2) is 34.6 Å². The second-order valence-corrected chi connectivity index (χ2v) is 6.25. The first-order valence-corrected chi connectivity index (χ1v) is 8.22. The van der Waals surface area contributed by atoms with Gasteiger partial charge in [-0.2, -0.15) is 0 Å². The molecule has 3 heteroatoms. The molecule has 0 spiro atoms. The SMILES string of the molecule is C=Cc1nc(CCCCCN2CCC(C)CC2)ccc1O. The zero-order chi connectivity index (χ0) is 15.1. The van der Waals surface area contributed by atoms with E-state index < -0.39 is 0 Å². The van der Waals surface area contributed by atoms with E-state index in [9.17, 15) is 5.11 Å². The molecular weight excluding hydrogens is 260 g/mol. The first-order valence-electron chi connectivity index (χ1n) is 8.22. The van der Waals surface area contributed by atoms with Gasteiger partial charge in [-0.05, 0) is 75.9 Å². The summed E-state index contributed by atoms with van der Waals surface area (Å²) in [5, 5.41) is 9.57. The molecule has 0 aliphatic carbocycles. The van der Waals surface area contributed by atoms with Gasteiger partial charge in [-0.3, -0.25) is 0 Å². The molecule has 1 fully saturated rings. The van der Waals surface area contributed by atoms with Crippen molar-refractivity contribution in [2.75, 3.05) is 19.6 Å². The molecule has 116 valence electrons. The number of aryl methyl sites for hydroxylation is 1. The lowest BCUT2D eigenvalue weighted by Gasteiger charge is -2.30. The molecule has 3 nitrogen and oxygen atoms in total. The Morgan fingerprint density at radius 3 is 2.76 bits per heavy atom. The molecule has 0 aromatic carbocycles. The van der Waals surface area contributed by atoms with Gasteiger partial charge in [0.25, 0.3) is 0 Å². The number of aromatic nitrogens is 1. The van der Waals surface area contributed by atoms with Gasteiger partial charge in [0.05, 0.1) is 0 Å². The van der Waals surface area contributed by atoms with Crippen LogP contribution in [0, 0.1) is 5.92 Å². The molecule has 0 saturated carbocycles.